The molecule has 2 aromatic carbocycles. The monoisotopic (exact) mass is 465 g/mol. The lowest BCUT2D eigenvalue weighted by atomic mass is 10.0. The summed E-state index contributed by atoms with van der Waals surface area (Å²) in [7, 11) is 0. The molecule has 2 aliphatic rings. The Morgan fingerprint density at radius 3 is 2.53 bits per heavy atom. The Labute approximate surface area is 198 Å². The average Bonchev–Trinajstić information content (AvgIpc) is 3.45. The van der Waals surface area contributed by atoms with Gasteiger partial charge in [0.1, 0.15) is 17.3 Å². The van der Waals surface area contributed by atoms with Crippen LogP contribution in [0.25, 0.3) is 0 Å². The summed E-state index contributed by atoms with van der Waals surface area (Å²) in [6, 6.07) is 14.5. The van der Waals surface area contributed by atoms with Crippen molar-refractivity contribution in [1.29, 1.82) is 0 Å². The van der Waals surface area contributed by atoms with Crippen LogP contribution in [0.4, 0.5) is 10.1 Å². The Bertz CT molecular complexity index is 1190. The quantitative estimate of drug-likeness (QED) is 0.592. The Balaban J connectivity index is 1.33. The van der Waals surface area contributed by atoms with Crippen LogP contribution < -0.4 is 19.7 Å². The summed E-state index contributed by atoms with van der Waals surface area (Å²) in [6.45, 7) is 7.09. The summed E-state index contributed by atoms with van der Waals surface area (Å²) in [6.07, 6.45) is 0. The van der Waals surface area contributed by atoms with Gasteiger partial charge in [0.05, 0.1) is 17.3 Å². The van der Waals surface area contributed by atoms with Crippen LogP contribution in [-0.4, -0.2) is 50.3 Å². The lowest BCUT2D eigenvalue weighted by Crippen LogP contribution is -2.50. The van der Waals surface area contributed by atoms with Crippen molar-refractivity contribution in [3.05, 3.63) is 77.0 Å². The number of para-hydroxylation sites is 1. The van der Waals surface area contributed by atoms with Crippen molar-refractivity contribution in [3.8, 4) is 11.5 Å². The minimum atomic E-state index is -0.207. The third-order valence-corrected chi connectivity index (χ3v) is 6.47. The number of carbonyl (C=O) groups is 1. The van der Waals surface area contributed by atoms with Crippen molar-refractivity contribution < 1.29 is 23.1 Å². The number of benzene rings is 2. The summed E-state index contributed by atoms with van der Waals surface area (Å²) in [5, 5.41) is 3.08. The number of nitrogens with one attached hydrogen (secondary N) is 1. The predicted octanol–water partition coefficient (Wildman–Crippen LogP) is 4.06. The molecule has 1 amide bonds. The molecule has 1 N–H and O–H groups in total. The zero-order valence-corrected chi connectivity index (χ0v) is 19.3. The molecule has 3 aromatic rings. The van der Waals surface area contributed by atoms with E-state index in [1.807, 2.05) is 37.3 Å². The van der Waals surface area contributed by atoms with Crippen LogP contribution in [0.3, 0.4) is 0 Å². The van der Waals surface area contributed by atoms with Crippen molar-refractivity contribution in [2.45, 2.75) is 19.9 Å². The Morgan fingerprint density at radius 2 is 1.79 bits per heavy atom. The van der Waals surface area contributed by atoms with E-state index in [0.717, 1.165) is 24.4 Å². The molecular formula is C26H28FN3O4. The van der Waals surface area contributed by atoms with Crippen molar-refractivity contribution in [3.63, 3.8) is 0 Å². The van der Waals surface area contributed by atoms with Crippen molar-refractivity contribution >= 4 is 11.6 Å². The normalized spacial score (nSPS) is 16.5. The van der Waals surface area contributed by atoms with Gasteiger partial charge in [-0.3, -0.25) is 9.69 Å². The minimum Gasteiger partial charge on any atom is -0.466 e. The summed E-state index contributed by atoms with van der Waals surface area (Å²) >= 11 is 0. The molecule has 1 fully saturated rings. The standard InChI is InChI=1S/C26H28FN3O4/c1-17-13-20(18(2)34-17)26(31)28-15-23(19-7-8-24-25(14-19)33-16-32-24)30-11-9-29(10-12-30)22-6-4-3-5-21(22)27/h3-8,13-14,23H,9-12,15-16H2,1-2H3,(H,28,31)/t23-/m1/s1. The number of fused-ring (bicyclic) bond motifs is 1. The number of anilines is 1. The van der Waals surface area contributed by atoms with Gasteiger partial charge < -0.3 is 24.1 Å². The predicted molar refractivity (Wildman–Crippen MR) is 126 cm³/mol. The fourth-order valence-electron chi connectivity index (χ4n) is 4.70. The van der Waals surface area contributed by atoms with Crippen LogP contribution in [-0.2, 0) is 0 Å². The van der Waals surface area contributed by atoms with Gasteiger partial charge in [0.2, 0.25) is 6.79 Å². The number of piperazine rings is 1. The van der Waals surface area contributed by atoms with E-state index in [0.29, 0.717) is 48.2 Å². The number of ether oxygens (including phenoxy) is 2. The summed E-state index contributed by atoms with van der Waals surface area (Å²) in [4.78, 5) is 17.3. The van der Waals surface area contributed by atoms with Gasteiger partial charge >= 0.3 is 0 Å². The molecule has 178 valence electrons. The van der Waals surface area contributed by atoms with E-state index in [1.165, 1.54) is 6.07 Å². The number of nitrogens with zero attached hydrogens (tertiary/aromatic N) is 2. The smallest absolute Gasteiger partial charge is 0.254 e. The van der Waals surface area contributed by atoms with Crippen LogP contribution in [0, 0.1) is 19.7 Å². The Kier molecular flexibility index (Phi) is 6.15. The molecule has 1 saturated heterocycles. The maximum atomic E-state index is 14.3. The highest BCUT2D eigenvalue weighted by Gasteiger charge is 2.28. The highest BCUT2D eigenvalue weighted by Crippen LogP contribution is 2.36. The van der Waals surface area contributed by atoms with Gasteiger partial charge in [0, 0.05) is 32.7 Å². The number of carbonyl (C=O) groups excluding carboxylic acids is 1. The number of amides is 1. The first-order valence-electron chi connectivity index (χ1n) is 11.5. The maximum Gasteiger partial charge on any atom is 0.254 e. The zero-order valence-electron chi connectivity index (χ0n) is 19.3. The molecule has 1 atom stereocenters. The second-order valence-electron chi connectivity index (χ2n) is 8.64. The van der Waals surface area contributed by atoms with Crippen molar-refractivity contribution in [2.24, 2.45) is 0 Å². The molecular weight excluding hydrogens is 437 g/mol. The van der Waals surface area contributed by atoms with E-state index >= 15 is 0 Å². The first-order chi connectivity index (χ1) is 16.5. The second-order valence-corrected chi connectivity index (χ2v) is 8.64. The number of furan rings is 1. The topological polar surface area (TPSA) is 67.2 Å². The molecule has 7 nitrogen and oxygen atoms in total. The SMILES string of the molecule is Cc1cc(C(=O)NC[C@H](c2ccc3c(c2)OCO3)N2CCN(c3ccccc3F)CC2)c(C)o1. The molecule has 3 heterocycles. The minimum absolute atomic E-state index is 0.0745. The maximum absolute atomic E-state index is 14.3. The number of hydrogen-bond donors (Lipinski definition) is 1. The molecule has 0 radical (unpaired) electrons. The number of hydrogen-bond acceptors (Lipinski definition) is 6. The lowest BCUT2D eigenvalue weighted by molar-refractivity contribution is 0.0928. The van der Waals surface area contributed by atoms with E-state index < -0.39 is 0 Å². The number of rotatable bonds is 6. The summed E-state index contributed by atoms with van der Waals surface area (Å²) in [5.41, 5.74) is 2.20. The first-order valence-corrected chi connectivity index (χ1v) is 11.5. The van der Waals surface area contributed by atoms with E-state index in [1.54, 1.807) is 19.1 Å². The average molecular weight is 466 g/mol. The van der Waals surface area contributed by atoms with Gasteiger partial charge in [-0.2, -0.15) is 0 Å². The molecule has 0 saturated carbocycles. The molecule has 0 bridgehead atoms. The van der Waals surface area contributed by atoms with Gasteiger partial charge in [0.25, 0.3) is 5.91 Å². The molecule has 1 aromatic heterocycles. The molecule has 0 aliphatic carbocycles. The van der Waals surface area contributed by atoms with E-state index in [2.05, 4.69) is 15.1 Å². The van der Waals surface area contributed by atoms with Gasteiger partial charge in [0.15, 0.2) is 11.5 Å². The van der Waals surface area contributed by atoms with Crippen molar-refractivity contribution in [2.75, 3.05) is 44.4 Å². The van der Waals surface area contributed by atoms with Gasteiger partial charge in [-0.05, 0) is 49.7 Å². The van der Waals surface area contributed by atoms with Gasteiger partial charge in [-0.25, -0.2) is 4.39 Å². The third kappa shape index (κ3) is 4.46. The highest BCUT2D eigenvalue weighted by atomic mass is 19.1. The van der Waals surface area contributed by atoms with Crippen molar-refractivity contribution in [1.82, 2.24) is 10.2 Å². The van der Waals surface area contributed by atoms with Gasteiger partial charge in [-0.15, -0.1) is 0 Å². The molecule has 0 spiro atoms. The van der Waals surface area contributed by atoms with Crippen LogP contribution in [0.15, 0.2) is 52.9 Å². The largest absolute Gasteiger partial charge is 0.466 e. The number of halogens is 1. The highest BCUT2D eigenvalue weighted by molar-refractivity contribution is 5.95. The molecule has 34 heavy (non-hydrogen) atoms. The van der Waals surface area contributed by atoms with Gasteiger partial charge in [-0.1, -0.05) is 18.2 Å². The molecule has 0 unspecified atom stereocenters. The van der Waals surface area contributed by atoms with Crippen LogP contribution in [0.5, 0.6) is 11.5 Å². The number of aryl methyl sites for hydroxylation is 2. The van der Waals surface area contributed by atoms with Crippen LogP contribution in [0.1, 0.15) is 33.5 Å². The third-order valence-electron chi connectivity index (χ3n) is 6.47. The zero-order chi connectivity index (χ0) is 23.7. The Hall–Kier alpha value is -3.52. The fourth-order valence-corrected chi connectivity index (χ4v) is 4.70. The molecule has 2 aliphatic heterocycles. The summed E-state index contributed by atoms with van der Waals surface area (Å²) in [5.74, 6) is 2.37. The van der Waals surface area contributed by atoms with Crippen LogP contribution in [0.2, 0.25) is 0 Å². The second kappa shape index (κ2) is 9.38. The fraction of sp³-hybridized carbons (Fsp3) is 0.346. The Morgan fingerprint density at radius 1 is 1.03 bits per heavy atom. The van der Waals surface area contributed by atoms with E-state index in [-0.39, 0.29) is 24.6 Å². The molecule has 8 heteroatoms. The van der Waals surface area contributed by atoms with E-state index in [9.17, 15) is 9.18 Å². The van der Waals surface area contributed by atoms with E-state index in [4.69, 9.17) is 13.9 Å². The molecule has 5 rings (SSSR count). The first kappa shape index (κ1) is 22.3. The summed E-state index contributed by atoms with van der Waals surface area (Å²) < 4.78 is 30.9. The van der Waals surface area contributed by atoms with Crippen LogP contribution >= 0.6 is 0 Å². The lowest BCUT2D eigenvalue weighted by Gasteiger charge is -2.40.